The van der Waals surface area contributed by atoms with E-state index in [1.807, 2.05) is 49.9 Å². The van der Waals surface area contributed by atoms with E-state index >= 15 is 0 Å². The Bertz CT molecular complexity index is 945. The molecule has 0 saturated carbocycles. The van der Waals surface area contributed by atoms with Crippen LogP contribution in [0.4, 0.5) is 5.69 Å². The molecule has 0 fully saturated rings. The van der Waals surface area contributed by atoms with Gasteiger partial charge in [0.15, 0.2) is 0 Å². The number of hydrogen-bond donors (Lipinski definition) is 1. The molecular weight excluding hydrogens is 348 g/mol. The SMILES string of the molecule is CC1=NC(=O)/C(=C/c2ccccc2Cl)N1c1cc(C(C)C)c(O)cc1C. The molecule has 2 aromatic rings. The molecule has 0 aliphatic carbocycles. The molecule has 0 spiro atoms. The van der Waals surface area contributed by atoms with E-state index in [0.717, 1.165) is 22.4 Å². The molecule has 1 aliphatic rings. The van der Waals surface area contributed by atoms with E-state index in [0.29, 0.717) is 16.6 Å². The summed E-state index contributed by atoms with van der Waals surface area (Å²) in [4.78, 5) is 18.4. The van der Waals surface area contributed by atoms with Gasteiger partial charge in [-0.3, -0.25) is 9.69 Å². The van der Waals surface area contributed by atoms with E-state index in [4.69, 9.17) is 11.6 Å². The average molecular weight is 369 g/mol. The van der Waals surface area contributed by atoms with Gasteiger partial charge in [-0.25, -0.2) is 0 Å². The molecule has 134 valence electrons. The average Bonchev–Trinajstić information content (AvgIpc) is 2.83. The molecule has 1 amide bonds. The lowest BCUT2D eigenvalue weighted by molar-refractivity contribution is -0.113. The number of amidine groups is 1. The molecule has 0 radical (unpaired) electrons. The largest absolute Gasteiger partial charge is 0.508 e. The fourth-order valence-corrected chi connectivity index (χ4v) is 3.29. The summed E-state index contributed by atoms with van der Waals surface area (Å²) in [6, 6.07) is 11.0. The molecule has 0 unspecified atom stereocenters. The maximum absolute atomic E-state index is 12.5. The molecule has 4 nitrogen and oxygen atoms in total. The highest BCUT2D eigenvalue weighted by Crippen LogP contribution is 2.37. The minimum Gasteiger partial charge on any atom is -0.508 e. The Morgan fingerprint density at radius 1 is 1.19 bits per heavy atom. The Kier molecular flexibility index (Phi) is 4.88. The molecule has 2 aromatic carbocycles. The minimum absolute atomic E-state index is 0.154. The summed E-state index contributed by atoms with van der Waals surface area (Å²) in [7, 11) is 0. The van der Waals surface area contributed by atoms with Crippen LogP contribution >= 0.6 is 11.6 Å². The second-order valence-corrected chi connectivity index (χ2v) is 7.11. The van der Waals surface area contributed by atoms with Crippen molar-refractivity contribution in [2.75, 3.05) is 4.90 Å². The lowest BCUT2D eigenvalue weighted by Gasteiger charge is -2.24. The van der Waals surface area contributed by atoms with Crippen LogP contribution in [0.15, 0.2) is 47.1 Å². The number of benzene rings is 2. The first-order valence-electron chi connectivity index (χ1n) is 8.49. The zero-order valence-electron chi connectivity index (χ0n) is 15.2. The van der Waals surface area contributed by atoms with E-state index in [1.54, 1.807) is 25.1 Å². The van der Waals surface area contributed by atoms with Crippen LogP contribution in [0.3, 0.4) is 0 Å². The summed E-state index contributed by atoms with van der Waals surface area (Å²) in [5, 5.41) is 10.8. The van der Waals surface area contributed by atoms with Gasteiger partial charge in [-0.15, -0.1) is 0 Å². The third-order valence-electron chi connectivity index (χ3n) is 4.45. The van der Waals surface area contributed by atoms with Crippen LogP contribution < -0.4 is 4.90 Å². The van der Waals surface area contributed by atoms with Gasteiger partial charge in [0.1, 0.15) is 17.3 Å². The number of hydrogen-bond acceptors (Lipinski definition) is 3. The molecule has 1 heterocycles. The lowest BCUT2D eigenvalue weighted by Crippen LogP contribution is -2.25. The summed E-state index contributed by atoms with van der Waals surface area (Å²) in [5.41, 5.74) is 3.72. The fourth-order valence-electron chi connectivity index (χ4n) is 3.09. The number of carbonyl (C=O) groups excluding carboxylic acids is 1. The van der Waals surface area contributed by atoms with Gasteiger partial charge in [-0.05, 0) is 60.7 Å². The molecule has 3 rings (SSSR count). The van der Waals surface area contributed by atoms with Crippen molar-refractivity contribution >= 4 is 35.1 Å². The Morgan fingerprint density at radius 3 is 2.54 bits per heavy atom. The van der Waals surface area contributed by atoms with Crippen LogP contribution in [0, 0.1) is 6.92 Å². The number of rotatable bonds is 3. The topological polar surface area (TPSA) is 52.9 Å². The summed E-state index contributed by atoms with van der Waals surface area (Å²) >= 11 is 6.25. The van der Waals surface area contributed by atoms with Gasteiger partial charge in [0, 0.05) is 5.02 Å². The van der Waals surface area contributed by atoms with Crippen LogP contribution in [-0.4, -0.2) is 16.8 Å². The third-order valence-corrected chi connectivity index (χ3v) is 4.80. The van der Waals surface area contributed by atoms with Crippen molar-refractivity contribution in [2.24, 2.45) is 4.99 Å². The Balaban J connectivity index is 2.16. The fraction of sp³-hybridized carbons (Fsp3) is 0.238. The number of halogens is 1. The van der Waals surface area contributed by atoms with Crippen molar-refractivity contribution in [1.29, 1.82) is 0 Å². The molecule has 0 saturated heterocycles. The lowest BCUT2D eigenvalue weighted by atomic mass is 9.98. The molecule has 5 heteroatoms. The van der Waals surface area contributed by atoms with Crippen molar-refractivity contribution in [3.8, 4) is 5.75 Å². The van der Waals surface area contributed by atoms with E-state index in [-0.39, 0.29) is 17.6 Å². The Morgan fingerprint density at radius 2 is 1.88 bits per heavy atom. The van der Waals surface area contributed by atoms with E-state index < -0.39 is 0 Å². The predicted octanol–water partition coefficient (Wildman–Crippen LogP) is 5.28. The number of anilines is 1. The summed E-state index contributed by atoms with van der Waals surface area (Å²) < 4.78 is 0. The summed E-state index contributed by atoms with van der Waals surface area (Å²) in [6.45, 7) is 7.74. The standard InChI is InChI=1S/C21H21ClN2O2/c1-12(2)16-11-18(13(3)9-20(16)25)24-14(4)23-21(26)19(24)10-15-7-5-6-8-17(15)22/h5-12,25H,1-4H3/b19-10-. The van der Waals surface area contributed by atoms with Crippen molar-refractivity contribution < 1.29 is 9.90 Å². The summed E-state index contributed by atoms with van der Waals surface area (Å²) in [5.74, 6) is 0.705. The van der Waals surface area contributed by atoms with Crippen LogP contribution in [0.2, 0.25) is 5.02 Å². The first-order valence-corrected chi connectivity index (χ1v) is 8.87. The second-order valence-electron chi connectivity index (χ2n) is 6.70. The molecule has 1 aliphatic heterocycles. The maximum atomic E-state index is 12.5. The van der Waals surface area contributed by atoms with Crippen molar-refractivity contribution in [2.45, 2.75) is 33.6 Å². The highest BCUT2D eigenvalue weighted by Gasteiger charge is 2.30. The zero-order chi connectivity index (χ0) is 19.0. The van der Waals surface area contributed by atoms with E-state index in [9.17, 15) is 9.90 Å². The molecular formula is C21H21ClN2O2. The van der Waals surface area contributed by atoms with Crippen LogP contribution in [0.1, 0.15) is 43.4 Å². The maximum Gasteiger partial charge on any atom is 0.295 e. The van der Waals surface area contributed by atoms with Crippen LogP contribution in [-0.2, 0) is 4.79 Å². The smallest absolute Gasteiger partial charge is 0.295 e. The van der Waals surface area contributed by atoms with Gasteiger partial charge in [0.2, 0.25) is 0 Å². The number of carbonyl (C=O) groups is 1. The predicted molar refractivity (Wildman–Crippen MR) is 107 cm³/mol. The number of phenols is 1. The van der Waals surface area contributed by atoms with Crippen molar-refractivity contribution in [3.05, 3.63) is 63.8 Å². The van der Waals surface area contributed by atoms with Gasteiger partial charge in [0.25, 0.3) is 5.91 Å². The molecule has 0 atom stereocenters. The number of aliphatic imine (C=N–C) groups is 1. The van der Waals surface area contributed by atoms with Crippen molar-refractivity contribution in [3.63, 3.8) is 0 Å². The highest BCUT2D eigenvalue weighted by molar-refractivity contribution is 6.32. The van der Waals surface area contributed by atoms with Crippen LogP contribution in [0.5, 0.6) is 5.75 Å². The van der Waals surface area contributed by atoms with Gasteiger partial charge in [-0.1, -0.05) is 43.6 Å². The Labute approximate surface area is 158 Å². The second kappa shape index (κ2) is 6.96. The third kappa shape index (κ3) is 3.25. The molecule has 0 aromatic heterocycles. The Hall–Kier alpha value is -2.59. The number of phenolic OH excluding ortho intramolecular Hbond substituents is 1. The monoisotopic (exact) mass is 368 g/mol. The van der Waals surface area contributed by atoms with Gasteiger partial charge < -0.3 is 5.11 Å². The van der Waals surface area contributed by atoms with Gasteiger partial charge in [0.05, 0.1) is 5.69 Å². The normalized spacial score (nSPS) is 15.9. The van der Waals surface area contributed by atoms with Gasteiger partial charge in [-0.2, -0.15) is 4.99 Å². The first-order chi connectivity index (χ1) is 12.3. The first kappa shape index (κ1) is 18.2. The van der Waals surface area contributed by atoms with Crippen LogP contribution in [0.25, 0.3) is 6.08 Å². The van der Waals surface area contributed by atoms with E-state index in [2.05, 4.69) is 4.99 Å². The highest BCUT2D eigenvalue weighted by atomic mass is 35.5. The molecule has 26 heavy (non-hydrogen) atoms. The summed E-state index contributed by atoms with van der Waals surface area (Å²) in [6.07, 6.45) is 1.76. The van der Waals surface area contributed by atoms with E-state index in [1.165, 1.54) is 0 Å². The number of nitrogens with zero attached hydrogens (tertiary/aromatic N) is 2. The quantitative estimate of drug-likeness (QED) is 0.749. The zero-order valence-corrected chi connectivity index (χ0v) is 16.0. The number of aromatic hydroxyl groups is 1. The molecule has 1 N–H and O–H groups in total. The minimum atomic E-state index is -0.305. The number of aryl methyl sites for hydroxylation is 1. The molecule has 0 bridgehead atoms. The number of amides is 1. The van der Waals surface area contributed by atoms with Gasteiger partial charge >= 0.3 is 0 Å². The van der Waals surface area contributed by atoms with Crippen molar-refractivity contribution in [1.82, 2.24) is 0 Å².